The molecule has 0 spiro atoms. The normalized spacial score (nSPS) is 10.9. The van der Waals surface area contributed by atoms with Crippen LogP contribution in [0.25, 0.3) is 10.6 Å². The Morgan fingerprint density at radius 3 is 3.00 bits per heavy atom. The molecule has 1 nitrogen and oxygen atoms in total. The molecule has 1 aromatic carbocycles. The highest BCUT2D eigenvalue weighted by molar-refractivity contribution is 7.99. The molecule has 19 heavy (non-hydrogen) atoms. The Hall–Kier alpha value is -0.580. The summed E-state index contributed by atoms with van der Waals surface area (Å²) in [5.41, 5.74) is 1.63. The van der Waals surface area contributed by atoms with Crippen molar-refractivity contribution in [3.63, 3.8) is 0 Å². The second-order valence-electron chi connectivity index (χ2n) is 3.98. The van der Waals surface area contributed by atoms with Crippen LogP contribution in [0, 0.1) is 5.82 Å². The van der Waals surface area contributed by atoms with E-state index in [1.807, 2.05) is 11.4 Å². The van der Waals surface area contributed by atoms with Crippen molar-refractivity contribution in [3.05, 3.63) is 35.1 Å². The van der Waals surface area contributed by atoms with Crippen molar-refractivity contribution in [1.82, 2.24) is 4.98 Å². The summed E-state index contributed by atoms with van der Waals surface area (Å²) in [7, 11) is 0. The number of rotatable bonds is 6. The maximum absolute atomic E-state index is 14.1. The van der Waals surface area contributed by atoms with Crippen LogP contribution < -0.4 is 0 Å². The first kappa shape index (κ1) is 14.8. The standard InChI is InChI=1S/C14H15ClFNS2/c1-2-18-12-7-3-6-11(16)13(12)14-17-10(9-19-14)5-4-8-15/h3,6-7,9H,2,4-5,8H2,1H3. The van der Waals surface area contributed by atoms with Gasteiger partial charge in [-0.05, 0) is 30.7 Å². The minimum atomic E-state index is -0.198. The number of hydrogen-bond donors (Lipinski definition) is 0. The van der Waals surface area contributed by atoms with Gasteiger partial charge < -0.3 is 0 Å². The Morgan fingerprint density at radius 2 is 2.26 bits per heavy atom. The summed E-state index contributed by atoms with van der Waals surface area (Å²) in [6.45, 7) is 2.06. The lowest BCUT2D eigenvalue weighted by Gasteiger charge is -2.06. The average molecular weight is 316 g/mol. The zero-order chi connectivity index (χ0) is 13.7. The van der Waals surface area contributed by atoms with Crippen LogP contribution in [0.5, 0.6) is 0 Å². The lowest BCUT2D eigenvalue weighted by atomic mass is 10.2. The van der Waals surface area contributed by atoms with Crippen LogP contribution >= 0.6 is 34.7 Å². The summed E-state index contributed by atoms with van der Waals surface area (Å²) in [6.07, 6.45) is 1.75. The summed E-state index contributed by atoms with van der Waals surface area (Å²) < 4.78 is 14.1. The van der Waals surface area contributed by atoms with Gasteiger partial charge in [-0.15, -0.1) is 34.7 Å². The number of aromatic nitrogens is 1. The molecule has 0 fully saturated rings. The van der Waals surface area contributed by atoms with Gasteiger partial charge in [-0.25, -0.2) is 9.37 Å². The zero-order valence-corrected chi connectivity index (χ0v) is 13.0. The summed E-state index contributed by atoms with van der Waals surface area (Å²) in [4.78, 5) is 5.49. The Bertz CT molecular complexity index is 542. The average Bonchev–Trinajstić information content (AvgIpc) is 2.85. The predicted molar refractivity (Wildman–Crippen MR) is 82.9 cm³/mol. The number of hydrogen-bond acceptors (Lipinski definition) is 3. The molecule has 0 atom stereocenters. The fourth-order valence-corrected chi connectivity index (χ4v) is 3.71. The smallest absolute Gasteiger partial charge is 0.134 e. The van der Waals surface area contributed by atoms with E-state index in [0.717, 1.165) is 34.2 Å². The van der Waals surface area contributed by atoms with Crippen LogP contribution in [0.2, 0.25) is 0 Å². The number of thioether (sulfide) groups is 1. The van der Waals surface area contributed by atoms with E-state index < -0.39 is 0 Å². The van der Waals surface area contributed by atoms with Crippen molar-refractivity contribution < 1.29 is 4.39 Å². The number of halogens is 2. The van der Waals surface area contributed by atoms with Crippen molar-refractivity contribution in [1.29, 1.82) is 0 Å². The number of alkyl halides is 1. The van der Waals surface area contributed by atoms with Gasteiger partial charge >= 0.3 is 0 Å². The molecule has 0 aliphatic carbocycles. The molecule has 0 aliphatic rings. The molecule has 102 valence electrons. The first-order valence-electron chi connectivity index (χ1n) is 6.18. The van der Waals surface area contributed by atoms with Gasteiger partial charge in [0.1, 0.15) is 10.8 Å². The highest BCUT2D eigenvalue weighted by atomic mass is 35.5. The Balaban J connectivity index is 2.32. The van der Waals surface area contributed by atoms with Gasteiger partial charge in [0.05, 0.1) is 11.3 Å². The van der Waals surface area contributed by atoms with Crippen molar-refractivity contribution >= 4 is 34.7 Å². The van der Waals surface area contributed by atoms with E-state index in [9.17, 15) is 4.39 Å². The Kier molecular flexibility index (Phi) is 5.67. The van der Waals surface area contributed by atoms with Crippen LogP contribution in [0.1, 0.15) is 19.0 Å². The first-order chi connectivity index (χ1) is 9.26. The highest BCUT2D eigenvalue weighted by Gasteiger charge is 2.14. The minimum Gasteiger partial charge on any atom is -0.241 e. The van der Waals surface area contributed by atoms with Crippen molar-refractivity contribution in [2.75, 3.05) is 11.6 Å². The molecule has 0 bridgehead atoms. The summed E-state index contributed by atoms with van der Waals surface area (Å²) in [5.74, 6) is 1.35. The van der Waals surface area contributed by atoms with Crippen molar-refractivity contribution in [3.8, 4) is 10.6 Å². The Labute approximate surface area is 126 Å². The van der Waals surface area contributed by atoms with Gasteiger partial charge in [0.2, 0.25) is 0 Å². The van der Waals surface area contributed by atoms with Gasteiger partial charge in [0.25, 0.3) is 0 Å². The Morgan fingerprint density at radius 1 is 1.42 bits per heavy atom. The van der Waals surface area contributed by atoms with E-state index >= 15 is 0 Å². The summed E-state index contributed by atoms with van der Waals surface area (Å²) >= 11 is 8.82. The topological polar surface area (TPSA) is 12.9 Å². The second kappa shape index (κ2) is 7.27. The lowest BCUT2D eigenvalue weighted by Crippen LogP contribution is -1.90. The fraction of sp³-hybridized carbons (Fsp3) is 0.357. The van der Waals surface area contributed by atoms with Gasteiger partial charge in [-0.1, -0.05) is 13.0 Å². The maximum atomic E-state index is 14.1. The summed E-state index contributed by atoms with van der Waals surface area (Å²) in [5, 5.41) is 2.76. The molecule has 0 saturated heterocycles. The molecule has 1 aromatic heterocycles. The predicted octanol–water partition coefficient (Wildman–Crippen LogP) is 5.23. The number of thiazole rings is 1. The van der Waals surface area contributed by atoms with E-state index in [1.165, 1.54) is 17.4 Å². The van der Waals surface area contributed by atoms with Gasteiger partial charge in [0, 0.05) is 16.2 Å². The maximum Gasteiger partial charge on any atom is 0.134 e. The largest absolute Gasteiger partial charge is 0.241 e. The molecule has 0 amide bonds. The molecule has 2 aromatic rings. The van der Waals surface area contributed by atoms with E-state index in [2.05, 4.69) is 11.9 Å². The SMILES string of the molecule is CCSc1cccc(F)c1-c1nc(CCCCl)cs1. The van der Waals surface area contributed by atoms with Crippen molar-refractivity contribution in [2.45, 2.75) is 24.7 Å². The number of nitrogens with zero attached hydrogens (tertiary/aromatic N) is 1. The van der Waals surface area contributed by atoms with Crippen LogP contribution in [-0.2, 0) is 6.42 Å². The van der Waals surface area contributed by atoms with Gasteiger partial charge in [0.15, 0.2) is 0 Å². The van der Waals surface area contributed by atoms with Crippen molar-refractivity contribution in [2.24, 2.45) is 0 Å². The third-order valence-electron chi connectivity index (χ3n) is 2.61. The molecule has 2 rings (SSSR count). The third-order valence-corrected chi connectivity index (χ3v) is 4.72. The second-order valence-corrected chi connectivity index (χ2v) is 6.52. The van der Waals surface area contributed by atoms with E-state index in [4.69, 9.17) is 11.6 Å². The summed E-state index contributed by atoms with van der Waals surface area (Å²) in [6, 6.07) is 5.19. The molecular weight excluding hydrogens is 301 g/mol. The molecule has 1 heterocycles. The number of aryl methyl sites for hydroxylation is 1. The molecule has 0 unspecified atom stereocenters. The third kappa shape index (κ3) is 3.71. The lowest BCUT2D eigenvalue weighted by molar-refractivity contribution is 0.628. The van der Waals surface area contributed by atoms with Crippen LogP contribution in [-0.4, -0.2) is 16.6 Å². The highest BCUT2D eigenvalue weighted by Crippen LogP contribution is 2.35. The zero-order valence-electron chi connectivity index (χ0n) is 10.7. The monoisotopic (exact) mass is 315 g/mol. The fourth-order valence-electron chi connectivity index (χ4n) is 1.77. The van der Waals surface area contributed by atoms with E-state index in [-0.39, 0.29) is 5.82 Å². The van der Waals surface area contributed by atoms with Crippen LogP contribution in [0.3, 0.4) is 0 Å². The quantitative estimate of drug-likeness (QED) is 0.534. The molecule has 5 heteroatoms. The molecule has 0 radical (unpaired) electrons. The number of benzene rings is 1. The van der Waals surface area contributed by atoms with Crippen LogP contribution in [0.4, 0.5) is 4.39 Å². The first-order valence-corrected chi connectivity index (χ1v) is 8.58. The van der Waals surface area contributed by atoms with Gasteiger partial charge in [-0.3, -0.25) is 0 Å². The van der Waals surface area contributed by atoms with Crippen LogP contribution in [0.15, 0.2) is 28.5 Å². The van der Waals surface area contributed by atoms with E-state index in [1.54, 1.807) is 17.8 Å². The molecule has 0 N–H and O–H groups in total. The van der Waals surface area contributed by atoms with Gasteiger partial charge in [-0.2, -0.15) is 0 Å². The minimum absolute atomic E-state index is 0.198. The molecular formula is C14H15ClFNS2. The molecule has 0 aliphatic heterocycles. The van der Waals surface area contributed by atoms with E-state index in [0.29, 0.717) is 11.4 Å². The molecule has 0 saturated carbocycles.